The lowest BCUT2D eigenvalue weighted by atomic mass is 9.96. The van der Waals surface area contributed by atoms with Crippen LogP contribution in [0.5, 0.6) is 0 Å². The van der Waals surface area contributed by atoms with E-state index in [4.69, 9.17) is 5.73 Å². The molecule has 0 aliphatic rings. The summed E-state index contributed by atoms with van der Waals surface area (Å²) >= 11 is 0. The molecule has 2 rings (SSSR count). The lowest BCUT2D eigenvalue weighted by molar-refractivity contribution is 0.820. The number of hydrogen-bond donors (Lipinski definition) is 1. The molecule has 2 N–H and O–H groups in total. The van der Waals surface area contributed by atoms with E-state index in [2.05, 4.69) is 24.3 Å². The summed E-state index contributed by atoms with van der Waals surface area (Å²) in [6, 6.07) is 18.7. The van der Waals surface area contributed by atoms with Gasteiger partial charge < -0.3 is 5.73 Å². The lowest BCUT2D eigenvalue weighted by Crippen LogP contribution is -2.06. The number of hydrogen-bond acceptors (Lipinski definition) is 1. The molecule has 0 heterocycles. The SMILES string of the molecule is CC(N)c1ccccc1-c1ccccc1. The third kappa shape index (κ3) is 2.08. The summed E-state index contributed by atoms with van der Waals surface area (Å²) in [6.45, 7) is 2.02. The molecule has 0 saturated carbocycles. The van der Waals surface area contributed by atoms with Gasteiger partial charge in [-0.25, -0.2) is 0 Å². The Balaban J connectivity index is 2.53. The molecule has 0 aliphatic carbocycles. The normalized spacial score (nSPS) is 12.4. The van der Waals surface area contributed by atoms with Gasteiger partial charge in [0.2, 0.25) is 0 Å². The predicted octanol–water partition coefficient (Wildman–Crippen LogP) is 3.37. The smallest absolute Gasteiger partial charge is 0.0272 e. The van der Waals surface area contributed by atoms with E-state index in [1.54, 1.807) is 0 Å². The van der Waals surface area contributed by atoms with E-state index in [1.807, 2.05) is 37.3 Å². The van der Waals surface area contributed by atoms with E-state index in [0.29, 0.717) is 0 Å². The summed E-state index contributed by atoms with van der Waals surface area (Å²) in [5.74, 6) is 0. The molecule has 2 aromatic rings. The van der Waals surface area contributed by atoms with Gasteiger partial charge in [0.15, 0.2) is 0 Å². The van der Waals surface area contributed by atoms with Crippen LogP contribution < -0.4 is 5.73 Å². The highest BCUT2D eigenvalue weighted by Crippen LogP contribution is 2.26. The molecule has 1 unspecified atom stereocenters. The van der Waals surface area contributed by atoms with Crippen molar-refractivity contribution in [3.05, 3.63) is 60.2 Å². The van der Waals surface area contributed by atoms with Crippen LogP contribution in [0.25, 0.3) is 11.1 Å². The van der Waals surface area contributed by atoms with Gasteiger partial charge in [-0.3, -0.25) is 0 Å². The second-order valence-electron chi connectivity index (χ2n) is 3.74. The Kier molecular flexibility index (Phi) is 2.84. The zero-order valence-electron chi connectivity index (χ0n) is 8.85. The van der Waals surface area contributed by atoms with E-state index < -0.39 is 0 Å². The maximum Gasteiger partial charge on any atom is 0.0272 e. The molecule has 0 radical (unpaired) electrons. The number of benzene rings is 2. The third-order valence-electron chi connectivity index (χ3n) is 2.54. The van der Waals surface area contributed by atoms with Gasteiger partial charge in [0.1, 0.15) is 0 Å². The van der Waals surface area contributed by atoms with Gasteiger partial charge in [-0.2, -0.15) is 0 Å². The molecule has 0 fully saturated rings. The van der Waals surface area contributed by atoms with Crippen molar-refractivity contribution in [1.29, 1.82) is 0 Å². The highest BCUT2D eigenvalue weighted by atomic mass is 14.6. The van der Waals surface area contributed by atoms with E-state index in [1.165, 1.54) is 16.7 Å². The fourth-order valence-electron chi connectivity index (χ4n) is 1.77. The van der Waals surface area contributed by atoms with E-state index >= 15 is 0 Å². The maximum absolute atomic E-state index is 5.95. The second kappa shape index (κ2) is 4.28. The van der Waals surface area contributed by atoms with Crippen LogP contribution in [0.15, 0.2) is 54.6 Å². The molecule has 0 aliphatic heterocycles. The first-order valence-electron chi connectivity index (χ1n) is 5.19. The van der Waals surface area contributed by atoms with Crippen LogP contribution in [0.3, 0.4) is 0 Å². The topological polar surface area (TPSA) is 26.0 Å². The highest BCUT2D eigenvalue weighted by Gasteiger charge is 2.06. The molecular weight excluding hydrogens is 182 g/mol. The second-order valence-corrected chi connectivity index (χ2v) is 3.74. The summed E-state index contributed by atoms with van der Waals surface area (Å²) in [6.07, 6.45) is 0. The standard InChI is InChI=1S/C14H15N/c1-11(15)13-9-5-6-10-14(13)12-7-3-2-4-8-12/h2-11H,15H2,1H3. The molecule has 1 atom stereocenters. The summed E-state index contributed by atoms with van der Waals surface area (Å²) in [4.78, 5) is 0. The van der Waals surface area contributed by atoms with Crippen LogP contribution in [0.2, 0.25) is 0 Å². The van der Waals surface area contributed by atoms with Gasteiger partial charge in [0, 0.05) is 6.04 Å². The Morgan fingerprint density at radius 1 is 0.867 bits per heavy atom. The molecule has 0 bridgehead atoms. The molecule has 0 saturated heterocycles. The number of rotatable bonds is 2. The van der Waals surface area contributed by atoms with Crippen molar-refractivity contribution in [3.63, 3.8) is 0 Å². The minimum atomic E-state index is 0.0707. The molecule has 76 valence electrons. The fraction of sp³-hybridized carbons (Fsp3) is 0.143. The predicted molar refractivity (Wildman–Crippen MR) is 64.5 cm³/mol. The third-order valence-corrected chi connectivity index (χ3v) is 2.54. The molecule has 15 heavy (non-hydrogen) atoms. The molecule has 0 spiro atoms. The van der Waals surface area contributed by atoms with Crippen molar-refractivity contribution in [2.45, 2.75) is 13.0 Å². The van der Waals surface area contributed by atoms with Crippen LogP contribution in [0.1, 0.15) is 18.5 Å². The Morgan fingerprint density at radius 3 is 2.13 bits per heavy atom. The first kappa shape index (κ1) is 9.94. The van der Waals surface area contributed by atoms with Crippen molar-refractivity contribution in [1.82, 2.24) is 0 Å². The van der Waals surface area contributed by atoms with Gasteiger partial charge in [0.05, 0.1) is 0 Å². The Hall–Kier alpha value is -1.60. The summed E-state index contributed by atoms with van der Waals surface area (Å²) in [5.41, 5.74) is 9.61. The van der Waals surface area contributed by atoms with Gasteiger partial charge in [0.25, 0.3) is 0 Å². The lowest BCUT2D eigenvalue weighted by Gasteiger charge is -2.12. The van der Waals surface area contributed by atoms with Crippen LogP contribution >= 0.6 is 0 Å². The van der Waals surface area contributed by atoms with Crippen LogP contribution in [0, 0.1) is 0 Å². The molecule has 2 aromatic carbocycles. The summed E-state index contributed by atoms with van der Waals surface area (Å²) < 4.78 is 0. The zero-order chi connectivity index (χ0) is 10.7. The average molecular weight is 197 g/mol. The quantitative estimate of drug-likeness (QED) is 0.784. The zero-order valence-corrected chi connectivity index (χ0v) is 8.85. The van der Waals surface area contributed by atoms with Crippen molar-refractivity contribution in [3.8, 4) is 11.1 Å². The average Bonchev–Trinajstić information content (AvgIpc) is 2.30. The van der Waals surface area contributed by atoms with Crippen LogP contribution in [-0.4, -0.2) is 0 Å². The molecule has 1 heteroatoms. The Bertz CT molecular complexity index is 432. The fourth-order valence-corrected chi connectivity index (χ4v) is 1.77. The van der Waals surface area contributed by atoms with E-state index in [-0.39, 0.29) is 6.04 Å². The molecular formula is C14H15N. The minimum Gasteiger partial charge on any atom is -0.324 e. The van der Waals surface area contributed by atoms with Crippen molar-refractivity contribution in [2.24, 2.45) is 5.73 Å². The summed E-state index contributed by atoms with van der Waals surface area (Å²) in [5, 5.41) is 0. The monoisotopic (exact) mass is 197 g/mol. The molecule has 0 amide bonds. The highest BCUT2D eigenvalue weighted by molar-refractivity contribution is 5.67. The maximum atomic E-state index is 5.95. The van der Waals surface area contributed by atoms with Crippen LogP contribution in [0.4, 0.5) is 0 Å². The molecule has 0 aromatic heterocycles. The first-order chi connectivity index (χ1) is 7.29. The number of nitrogens with two attached hydrogens (primary N) is 1. The van der Waals surface area contributed by atoms with Gasteiger partial charge in [-0.1, -0.05) is 54.6 Å². The Morgan fingerprint density at radius 2 is 1.47 bits per heavy atom. The van der Waals surface area contributed by atoms with Crippen molar-refractivity contribution < 1.29 is 0 Å². The van der Waals surface area contributed by atoms with Crippen molar-refractivity contribution >= 4 is 0 Å². The van der Waals surface area contributed by atoms with E-state index in [0.717, 1.165) is 0 Å². The molecule has 1 nitrogen and oxygen atoms in total. The Labute approximate surface area is 90.6 Å². The van der Waals surface area contributed by atoms with Gasteiger partial charge in [-0.05, 0) is 23.6 Å². The van der Waals surface area contributed by atoms with Gasteiger partial charge in [-0.15, -0.1) is 0 Å². The van der Waals surface area contributed by atoms with Crippen LogP contribution in [-0.2, 0) is 0 Å². The first-order valence-corrected chi connectivity index (χ1v) is 5.19. The summed E-state index contributed by atoms with van der Waals surface area (Å²) in [7, 11) is 0. The van der Waals surface area contributed by atoms with E-state index in [9.17, 15) is 0 Å². The largest absolute Gasteiger partial charge is 0.324 e. The van der Waals surface area contributed by atoms with Crippen molar-refractivity contribution in [2.75, 3.05) is 0 Å². The minimum absolute atomic E-state index is 0.0707. The van der Waals surface area contributed by atoms with Gasteiger partial charge >= 0.3 is 0 Å².